The molecular formula is C17H19N. The van der Waals surface area contributed by atoms with E-state index in [4.69, 9.17) is 0 Å². The van der Waals surface area contributed by atoms with Crippen LogP contribution in [-0.4, -0.2) is 6.54 Å². The summed E-state index contributed by atoms with van der Waals surface area (Å²) in [6.45, 7) is 5.77. The molecule has 1 aliphatic heterocycles. The zero-order chi connectivity index (χ0) is 12.6. The highest BCUT2D eigenvalue weighted by atomic mass is 15.2. The van der Waals surface area contributed by atoms with Crippen molar-refractivity contribution in [3.63, 3.8) is 0 Å². The Labute approximate surface area is 109 Å². The van der Waals surface area contributed by atoms with Crippen LogP contribution in [0.3, 0.4) is 0 Å². The summed E-state index contributed by atoms with van der Waals surface area (Å²) >= 11 is 0. The zero-order valence-electron chi connectivity index (χ0n) is 11.1. The molecule has 0 amide bonds. The molecule has 0 atom stereocenters. The van der Waals surface area contributed by atoms with E-state index in [2.05, 4.69) is 73.3 Å². The van der Waals surface area contributed by atoms with E-state index in [1.807, 2.05) is 0 Å². The molecule has 0 aliphatic carbocycles. The van der Waals surface area contributed by atoms with E-state index in [0.29, 0.717) is 5.41 Å². The third-order valence-corrected chi connectivity index (χ3v) is 3.61. The van der Waals surface area contributed by atoms with Crippen LogP contribution in [0.5, 0.6) is 0 Å². The standard InChI is InChI=1S/C17H19N/c1-17(2)12-14-8-6-7-11-16(14)18(13-17)15-9-4-3-5-10-15/h3-11H,12-13H2,1-2H3. The van der Waals surface area contributed by atoms with Gasteiger partial charge in [-0.05, 0) is 35.6 Å². The van der Waals surface area contributed by atoms with Crippen molar-refractivity contribution in [2.75, 3.05) is 11.4 Å². The fraction of sp³-hybridized carbons (Fsp3) is 0.294. The first-order valence-electron chi connectivity index (χ1n) is 6.56. The fourth-order valence-electron chi connectivity index (χ4n) is 2.85. The van der Waals surface area contributed by atoms with Gasteiger partial charge in [-0.3, -0.25) is 0 Å². The molecule has 2 aromatic rings. The van der Waals surface area contributed by atoms with Gasteiger partial charge in [0.2, 0.25) is 0 Å². The van der Waals surface area contributed by atoms with E-state index in [-0.39, 0.29) is 0 Å². The molecule has 2 aromatic carbocycles. The smallest absolute Gasteiger partial charge is 0.0443 e. The monoisotopic (exact) mass is 237 g/mol. The Morgan fingerprint density at radius 2 is 1.56 bits per heavy atom. The normalized spacial score (nSPS) is 17.3. The third kappa shape index (κ3) is 2.01. The highest BCUT2D eigenvalue weighted by Gasteiger charge is 2.30. The summed E-state index contributed by atoms with van der Waals surface area (Å²) in [6.07, 6.45) is 1.16. The van der Waals surface area contributed by atoms with Gasteiger partial charge in [-0.25, -0.2) is 0 Å². The zero-order valence-corrected chi connectivity index (χ0v) is 11.1. The predicted octanol–water partition coefficient (Wildman–Crippen LogP) is 4.41. The summed E-state index contributed by atoms with van der Waals surface area (Å²) in [5.74, 6) is 0. The number of nitrogens with zero attached hydrogens (tertiary/aromatic N) is 1. The van der Waals surface area contributed by atoms with E-state index in [1.54, 1.807) is 0 Å². The number of hydrogen-bond donors (Lipinski definition) is 0. The molecular weight excluding hydrogens is 218 g/mol. The van der Waals surface area contributed by atoms with Crippen molar-refractivity contribution in [1.82, 2.24) is 0 Å². The second kappa shape index (κ2) is 4.16. The molecule has 0 radical (unpaired) electrons. The molecule has 1 nitrogen and oxygen atoms in total. The van der Waals surface area contributed by atoms with Crippen molar-refractivity contribution >= 4 is 11.4 Å². The van der Waals surface area contributed by atoms with Crippen LogP contribution < -0.4 is 4.90 Å². The molecule has 18 heavy (non-hydrogen) atoms. The molecule has 0 spiro atoms. The molecule has 0 aromatic heterocycles. The quantitative estimate of drug-likeness (QED) is 0.710. The average molecular weight is 237 g/mol. The summed E-state index contributed by atoms with van der Waals surface area (Å²) in [4.78, 5) is 2.44. The van der Waals surface area contributed by atoms with Crippen LogP contribution >= 0.6 is 0 Å². The Morgan fingerprint density at radius 1 is 0.889 bits per heavy atom. The van der Waals surface area contributed by atoms with E-state index in [1.165, 1.54) is 16.9 Å². The van der Waals surface area contributed by atoms with Crippen LogP contribution in [0.25, 0.3) is 0 Å². The molecule has 1 aliphatic rings. The second-order valence-corrected chi connectivity index (χ2v) is 5.89. The molecule has 3 rings (SSSR count). The summed E-state index contributed by atoms with van der Waals surface area (Å²) in [5.41, 5.74) is 4.43. The van der Waals surface area contributed by atoms with Gasteiger partial charge in [0.05, 0.1) is 0 Å². The third-order valence-electron chi connectivity index (χ3n) is 3.61. The lowest BCUT2D eigenvalue weighted by atomic mass is 9.81. The van der Waals surface area contributed by atoms with Crippen LogP contribution in [0, 0.1) is 5.41 Å². The molecule has 1 heteroatoms. The first-order valence-corrected chi connectivity index (χ1v) is 6.56. The Balaban J connectivity index is 2.10. The Bertz CT molecular complexity index is 543. The van der Waals surface area contributed by atoms with E-state index < -0.39 is 0 Å². The first kappa shape index (κ1) is 11.3. The molecule has 0 fully saturated rings. The largest absolute Gasteiger partial charge is 0.341 e. The van der Waals surface area contributed by atoms with Crippen LogP contribution in [0.15, 0.2) is 54.6 Å². The van der Waals surface area contributed by atoms with E-state index >= 15 is 0 Å². The Kier molecular flexibility index (Phi) is 2.62. The highest BCUT2D eigenvalue weighted by Crippen LogP contribution is 2.39. The summed E-state index contributed by atoms with van der Waals surface area (Å²) in [7, 11) is 0. The first-order chi connectivity index (χ1) is 8.66. The van der Waals surface area contributed by atoms with E-state index in [9.17, 15) is 0 Å². The lowest BCUT2D eigenvalue weighted by Gasteiger charge is -2.40. The lowest BCUT2D eigenvalue weighted by Crippen LogP contribution is -2.37. The van der Waals surface area contributed by atoms with Gasteiger partial charge in [0.15, 0.2) is 0 Å². The van der Waals surface area contributed by atoms with Crippen molar-refractivity contribution in [3.8, 4) is 0 Å². The predicted molar refractivity (Wildman–Crippen MR) is 77.4 cm³/mol. The van der Waals surface area contributed by atoms with E-state index in [0.717, 1.165) is 13.0 Å². The maximum absolute atomic E-state index is 2.44. The second-order valence-electron chi connectivity index (χ2n) is 5.89. The van der Waals surface area contributed by atoms with Crippen molar-refractivity contribution in [2.24, 2.45) is 5.41 Å². The lowest BCUT2D eigenvalue weighted by molar-refractivity contribution is 0.361. The van der Waals surface area contributed by atoms with Crippen LogP contribution in [-0.2, 0) is 6.42 Å². The SMILES string of the molecule is CC1(C)Cc2ccccc2N(c2ccccc2)C1. The van der Waals surface area contributed by atoms with Crippen molar-refractivity contribution in [2.45, 2.75) is 20.3 Å². The van der Waals surface area contributed by atoms with Crippen LogP contribution in [0.1, 0.15) is 19.4 Å². The summed E-state index contributed by atoms with van der Waals surface area (Å²) in [6, 6.07) is 19.4. The van der Waals surface area contributed by atoms with Crippen molar-refractivity contribution < 1.29 is 0 Å². The maximum Gasteiger partial charge on any atom is 0.0443 e. The molecule has 0 saturated carbocycles. The molecule has 0 unspecified atom stereocenters. The van der Waals surface area contributed by atoms with Gasteiger partial charge >= 0.3 is 0 Å². The molecule has 0 saturated heterocycles. The highest BCUT2D eigenvalue weighted by molar-refractivity contribution is 5.68. The fourth-order valence-corrected chi connectivity index (χ4v) is 2.85. The van der Waals surface area contributed by atoms with Gasteiger partial charge in [-0.1, -0.05) is 50.2 Å². The minimum atomic E-state index is 0.324. The molecule has 1 heterocycles. The number of benzene rings is 2. The van der Waals surface area contributed by atoms with Crippen molar-refractivity contribution in [1.29, 1.82) is 0 Å². The number of rotatable bonds is 1. The average Bonchev–Trinajstić information content (AvgIpc) is 2.38. The van der Waals surface area contributed by atoms with Crippen LogP contribution in [0.4, 0.5) is 11.4 Å². The van der Waals surface area contributed by atoms with Gasteiger partial charge in [-0.2, -0.15) is 0 Å². The van der Waals surface area contributed by atoms with Crippen molar-refractivity contribution in [3.05, 3.63) is 60.2 Å². The van der Waals surface area contributed by atoms with Crippen LogP contribution in [0.2, 0.25) is 0 Å². The topological polar surface area (TPSA) is 3.24 Å². The summed E-state index contributed by atoms with van der Waals surface area (Å²) < 4.78 is 0. The van der Waals surface area contributed by atoms with Gasteiger partial charge in [0.25, 0.3) is 0 Å². The maximum atomic E-state index is 2.44. The minimum absolute atomic E-state index is 0.324. The Hall–Kier alpha value is -1.76. The minimum Gasteiger partial charge on any atom is -0.341 e. The molecule has 0 N–H and O–H groups in total. The molecule has 92 valence electrons. The number of anilines is 2. The number of hydrogen-bond acceptors (Lipinski definition) is 1. The number of fused-ring (bicyclic) bond motifs is 1. The summed E-state index contributed by atoms with van der Waals surface area (Å²) in [5, 5.41) is 0. The van der Waals surface area contributed by atoms with Gasteiger partial charge in [0, 0.05) is 17.9 Å². The number of para-hydroxylation sites is 2. The molecule has 0 bridgehead atoms. The van der Waals surface area contributed by atoms with Gasteiger partial charge < -0.3 is 4.90 Å². The van der Waals surface area contributed by atoms with Gasteiger partial charge in [-0.15, -0.1) is 0 Å². The Morgan fingerprint density at radius 3 is 2.33 bits per heavy atom. The van der Waals surface area contributed by atoms with Gasteiger partial charge in [0.1, 0.15) is 0 Å².